The summed E-state index contributed by atoms with van der Waals surface area (Å²) in [6.07, 6.45) is 5.73. The highest BCUT2D eigenvalue weighted by atomic mass is 16.7. The smallest absolute Gasteiger partial charge is 0.336 e. The molecule has 3 rings (SSSR count). The lowest BCUT2D eigenvalue weighted by molar-refractivity contribution is -0.225. The van der Waals surface area contributed by atoms with Crippen molar-refractivity contribution in [3.63, 3.8) is 0 Å². The van der Waals surface area contributed by atoms with Crippen LogP contribution in [-0.4, -0.2) is 45.0 Å². The van der Waals surface area contributed by atoms with Crippen LogP contribution in [0, 0.1) is 0 Å². The van der Waals surface area contributed by atoms with Crippen LogP contribution in [0.2, 0.25) is 0 Å². The van der Waals surface area contributed by atoms with Crippen molar-refractivity contribution in [3.8, 4) is 11.1 Å². The van der Waals surface area contributed by atoms with E-state index in [1.807, 2.05) is 22.9 Å². The van der Waals surface area contributed by atoms with Gasteiger partial charge < -0.3 is 14.6 Å². The zero-order valence-corrected chi connectivity index (χ0v) is 19.7. The molecule has 0 aliphatic carbocycles. The zero-order valence-electron chi connectivity index (χ0n) is 19.7. The minimum atomic E-state index is -0.973. The Morgan fingerprint density at radius 1 is 1.09 bits per heavy atom. The Balaban J connectivity index is 1.91. The molecule has 1 N–H and O–H groups in total. The lowest BCUT2D eigenvalue weighted by Gasteiger charge is -2.27. The fraction of sp³-hybridized carbons (Fsp3) is 0.440. The standard InChI is InChI=1S/C25H32N4O4/c1-5-7-15-29-22(27-24(28-29)25(32-3,33-4)14-6-2)16-19-13-12-18(17-26-19)20-10-8-9-11-21(20)23(30)31/h8-13,17H,5-7,14-16H2,1-4H3,(H,30,31). The molecular formula is C25H32N4O4. The van der Waals surface area contributed by atoms with E-state index >= 15 is 0 Å². The highest BCUT2D eigenvalue weighted by molar-refractivity contribution is 5.95. The number of carboxylic acids is 1. The SMILES string of the molecule is CCCCn1nc(C(CCC)(OC)OC)nc1Cc1ccc(-c2ccccc2C(=O)O)cn1. The average Bonchev–Trinajstić information content (AvgIpc) is 3.24. The first kappa shape index (κ1) is 24.5. The number of methoxy groups -OCH3 is 2. The molecule has 8 nitrogen and oxygen atoms in total. The number of unbranched alkanes of at least 4 members (excludes halogenated alkanes) is 1. The normalized spacial score (nSPS) is 11.6. The number of nitrogens with zero attached hydrogens (tertiary/aromatic N) is 4. The van der Waals surface area contributed by atoms with Crippen LogP contribution in [0.5, 0.6) is 0 Å². The highest BCUT2D eigenvalue weighted by Crippen LogP contribution is 2.29. The molecule has 0 bridgehead atoms. The molecule has 0 fully saturated rings. The minimum absolute atomic E-state index is 0.252. The predicted octanol–water partition coefficient (Wildman–Crippen LogP) is 4.67. The molecule has 0 spiro atoms. The summed E-state index contributed by atoms with van der Waals surface area (Å²) in [5.74, 6) is -0.622. The highest BCUT2D eigenvalue weighted by Gasteiger charge is 2.36. The summed E-state index contributed by atoms with van der Waals surface area (Å²) in [6.45, 7) is 4.95. The van der Waals surface area contributed by atoms with E-state index in [2.05, 4.69) is 18.8 Å². The molecule has 176 valence electrons. The summed E-state index contributed by atoms with van der Waals surface area (Å²) in [7, 11) is 3.22. The van der Waals surface area contributed by atoms with Gasteiger partial charge in [-0.15, -0.1) is 0 Å². The second kappa shape index (κ2) is 11.2. The van der Waals surface area contributed by atoms with Gasteiger partial charge in [-0.25, -0.2) is 14.5 Å². The van der Waals surface area contributed by atoms with Gasteiger partial charge in [-0.1, -0.05) is 51.0 Å². The third-order valence-corrected chi connectivity index (χ3v) is 5.68. The summed E-state index contributed by atoms with van der Waals surface area (Å²) < 4.78 is 13.3. The molecule has 0 aliphatic rings. The summed E-state index contributed by atoms with van der Waals surface area (Å²) in [6, 6.07) is 10.7. The summed E-state index contributed by atoms with van der Waals surface area (Å²) in [5, 5.41) is 14.2. The van der Waals surface area contributed by atoms with Crippen LogP contribution >= 0.6 is 0 Å². The molecule has 0 amide bonds. The molecule has 0 unspecified atom stereocenters. The Hall–Kier alpha value is -3.10. The maximum atomic E-state index is 11.5. The molecule has 0 aliphatic heterocycles. The van der Waals surface area contributed by atoms with Gasteiger partial charge in [0.1, 0.15) is 5.82 Å². The molecule has 0 radical (unpaired) electrons. The fourth-order valence-corrected chi connectivity index (χ4v) is 3.84. The molecule has 33 heavy (non-hydrogen) atoms. The van der Waals surface area contributed by atoms with Crippen molar-refractivity contribution in [3.05, 3.63) is 65.5 Å². The first-order valence-corrected chi connectivity index (χ1v) is 11.3. The maximum absolute atomic E-state index is 11.5. The first-order valence-electron chi connectivity index (χ1n) is 11.3. The van der Waals surface area contributed by atoms with Crippen molar-refractivity contribution in [2.24, 2.45) is 0 Å². The Morgan fingerprint density at radius 3 is 2.45 bits per heavy atom. The van der Waals surface area contributed by atoms with Gasteiger partial charge in [-0.2, -0.15) is 5.10 Å². The number of carbonyl (C=O) groups is 1. The molecule has 8 heteroatoms. The van der Waals surface area contributed by atoms with Gasteiger partial charge in [0.2, 0.25) is 11.6 Å². The molecule has 2 heterocycles. The molecule has 3 aromatic rings. The molecule has 0 saturated heterocycles. The Morgan fingerprint density at radius 2 is 1.85 bits per heavy atom. The van der Waals surface area contributed by atoms with E-state index in [0.29, 0.717) is 24.2 Å². The number of carboxylic acid groups (broad SMARTS) is 1. The number of hydrogen-bond acceptors (Lipinski definition) is 6. The molecule has 0 atom stereocenters. The third-order valence-electron chi connectivity index (χ3n) is 5.68. The number of benzene rings is 1. The summed E-state index contributed by atoms with van der Waals surface area (Å²) in [4.78, 5) is 20.9. The number of ether oxygens (including phenoxy) is 2. The van der Waals surface area contributed by atoms with E-state index < -0.39 is 11.8 Å². The van der Waals surface area contributed by atoms with Gasteiger partial charge in [0.05, 0.1) is 5.56 Å². The van der Waals surface area contributed by atoms with Crippen LogP contribution in [0.15, 0.2) is 42.6 Å². The third kappa shape index (κ3) is 5.46. The number of aromatic carboxylic acids is 1. The van der Waals surface area contributed by atoms with E-state index in [9.17, 15) is 9.90 Å². The molecule has 2 aromatic heterocycles. The van der Waals surface area contributed by atoms with Crippen LogP contribution < -0.4 is 0 Å². The van der Waals surface area contributed by atoms with Crippen LogP contribution in [0.3, 0.4) is 0 Å². The fourth-order valence-electron chi connectivity index (χ4n) is 3.84. The van der Waals surface area contributed by atoms with Gasteiger partial charge in [-0.05, 0) is 24.1 Å². The van der Waals surface area contributed by atoms with Gasteiger partial charge in [0, 0.05) is 51.1 Å². The average molecular weight is 453 g/mol. The van der Waals surface area contributed by atoms with Crippen LogP contribution in [0.1, 0.15) is 67.2 Å². The quantitative estimate of drug-likeness (QED) is 0.399. The van der Waals surface area contributed by atoms with Gasteiger partial charge in [0.25, 0.3) is 0 Å². The van der Waals surface area contributed by atoms with Crippen LogP contribution in [-0.2, 0) is 28.2 Å². The van der Waals surface area contributed by atoms with E-state index in [-0.39, 0.29) is 5.56 Å². The number of aromatic nitrogens is 4. The van der Waals surface area contributed by atoms with E-state index in [0.717, 1.165) is 42.9 Å². The van der Waals surface area contributed by atoms with E-state index in [1.54, 1.807) is 38.6 Å². The Bertz CT molecular complexity index is 1060. The molecule has 0 saturated carbocycles. The second-order valence-corrected chi connectivity index (χ2v) is 7.91. The second-order valence-electron chi connectivity index (χ2n) is 7.91. The summed E-state index contributed by atoms with van der Waals surface area (Å²) >= 11 is 0. The molecular weight excluding hydrogens is 420 g/mol. The van der Waals surface area contributed by atoms with E-state index in [1.165, 1.54) is 0 Å². The van der Waals surface area contributed by atoms with Crippen molar-refractivity contribution >= 4 is 5.97 Å². The summed E-state index contributed by atoms with van der Waals surface area (Å²) in [5.41, 5.74) is 2.47. The predicted molar refractivity (Wildman–Crippen MR) is 125 cm³/mol. The van der Waals surface area contributed by atoms with Crippen LogP contribution in [0.4, 0.5) is 0 Å². The number of aryl methyl sites for hydroxylation is 1. The van der Waals surface area contributed by atoms with Crippen LogP contribution in [0.25, 0.3) is 11.1 Å². The lowest BCUT2D eigenvalue weighted by atomic mass is 10.0. The van der Waals surface area contributed by atoms with Crippen molar-refractivity contribution in [2.75, 3.05) is 14.2 Å². The Labute approximate surface area is 194 Å². The minimum Gasteiger partial charge on any atom is -0.478 e. The Kier molecular flexibility index (Phi) is 8.30. The number of rotatable bonds is 12. The van der Waals surface area contributed by atoms with Gasteiger partial charge in [-0.3, -0.25) is 4.98 Å². The monoisotopic (exact) mass is 452 g/mol. The van der Waals surface area contributed by atoms with Gasteiger partial charge in [0.15, 0.2) is 0 Å². The van der Waals surface area contributed by atoms with E-state index in [4.69, 9.17) is 19.6 Å². The first-order chi connectivity index (χ1) is 16.0. The zero-order chi connectivity index (χ0) is 23.8. The number of pyridine rings is 1. The van der Waals surface area contributed by atoms with Crippen molar-refractivity contribution in [1.29, 1.82) is 0 Å². The van der Waals surface area contributed by atoms with Crippen molar-refractivity contribution in [1.82, 2.24) is 19.7 Å². The van der Waals surface area contributed by atoms with Crippen molar-refractivity contribution in [2.45, 2.75) is 58.3 Å². The maximum Gasteiger partial charge on any atom is 0.336 e. The topological polar surface area (TPSA) is 99.4 Å². The van der Waals surface area contributed by atoms with Crippen molar-refractivity contribution < 1.29 is 19.4 Å². The van der Waals surface area contributed by atoms with Gasteiger partial charge >= 0.3 is 5.97 Å². The number of hydrogen-bond donors (Lipinski definition) is 1. The molecule has 1 aromatic carbocycles. The lowest BCUT2D eigenvalue weighted by Crippen LogP contribution is -2.32. The largest absolute Gasteiger partial charge is 0.478 e.